The van der Waals surface area contributed by atoms with Gasteiger partial charge in [0.1, 0.15) is 12.1 Å². The molecular formula is C18H25NO4. The predicted octanol–water partition coefficient (Wildman–Crippen LogP) is 2.39. The number of carbonyl (C=O) groups excluding carboxylic acids is 2. The molecule has 1 aliphatic rings. The summed E-state index contributed by atoms with van der Waals surface area (Å²) in [5, 5.41) is 0. The lowest BCUT2D eigenvalue weighted by atomic mass is 10.0. The maximum atomic E-state index is 12.4. The minimum absolute atomic E-state index is 0.0483. The van der Waals surface area contributed by atoms with Gasteiger partial charge >= 0.3 is 11.9 Å². The fraction of sp³-hybridized carbons (Fsp3) is 0.556. The fourth-order valence-electron chi connectivity index (χ4n) is 3.21. The van der Waals surface area contributed by atoms with E-state index in [1.54, 1.807) is 13.8 Å². The Morgan fingerprint density at radius 1 is 1.09 bits per heavy atom. The maximum absolute atomic E-state index is 12.4. The molecule has 1 saturated heterocycles. The van der Waals surface area contributed by atoms with Crippen LogP contribution in [0.1, 0.15) is 32.8 Å². The van der Waals surface area contributed by atoms with Crippen molar-refractivity contribution in [3.05, 3.63) is 35.9 Å². The number of hydrogen-bond acceptors (Lipinski definition) is 5. The highest BCUT2D eigenvalue weighted by Gasteiger charge is 2.47. The average molecular weight is 319 g/mol. The Morgan fingerprint density at radius 2 is 1.70 bits per heavy atom. The molecule has 0 aliphatic carbocycles. The molecule has 0 bridgehead atoms. The summed E-state index contributed by atoms with van der Waals surface area (Å²) in [6.07, 6.45) is 0.606. The van der Waals surface area contributed by atoms with Crippen LogP contribution in [0.15, 0.2) is 30.3 Å². The SMILES string of the molecule is CCOC(=O)[C@@H]1C[C@H](C)[C@H](C(=O)OCC)N1Cc1ccccc1. The van der Waals surface area contributed by atoms with Crippen molar-refractivity contribution in [3.8, 4) is 0 Å². The molecule has 1 heterocycles. The second-order valence-electron chi connectivity index (χ2n) is 5.84. The van der Waals surface area contributed by atoms with Crippen molar-refractivity contribution in [1.29, 1.82) is 0 Å². The number of esters is 2. The fourth-order valence-corrected chi connectivity index (χ4v) is 3.21. The molecule has 0 aromatic heterocycles. The summed E-state index contributed by atoms with van der Waals surface area (Å²) in [4.78, 5) is 26.6. The summed E-state index contributed by atoms with van der Waals surface area (Å²) in [6.45, 7) is 6.78. The Kier molecular flexibility index (Phi) is 6.16. The van der Waals surface area contributed by atoms with E-state index in [2.05, 4.69) is 0 Å². The third-order valence-corrected chi connectivity index (χ3v) is 4.19. The van der Waals surface area contributed by atoms with Gasteiger partial charge in [0, 0.05) is 6.54 Å². The topological polar surface area (TPSA) is 55.8 Å². The van der Waals surface area contributed by atoms with E-state index in [-0.39, 0.29) is 17.9 Å². The molecule has 0 unspecified atom stereocenters. The van der Waals surface area contributed by atoms with Crippen molar-refractivity contribution in [3.63, 3.8) is 0 Å². The third kappa shape index (κ3) is 4.10. The summed E-state index contributed by atoms with van der Waals surface area (Å²) in [5.41, 5.74) is 1.06. The maximum Gasteiger partial charge on any atom is 0.323 e. The van der Waals surface area contributed by atoms with E-state index in [9.17, 15) is 9.59 Å². The van der Waals surface area contributed by atoms with Gasteiger partial charge in [-0.05, 0) is 31.7 Å². The molecule has 0 amide bonds. The average Bonchev–Trinajstić information content (AvgIpc) is 2.85. The molecule has 0 N–H and O–H groups in total. The molecule has 126 valence electrons. The van der Waals surface area contributed by atoms with Gasteiger partial charge < -0.3 is 9.47 Å². The monoisotopic (exact) mass is 319 g/mol. The highest BCUT2D eigenvalue weighted by atomic mass is 16.5. The van der Waals surface area contributed by atoms with Crippen molar-refractivity contribution >= 4 is 11.9 Å². The highest BCUT2D eigenvalue weighted by Crippen LogP contribution is 2.33. The molecule has 23 heavy (non-hydrogen) atoms. The van der Waals surface area contributed by atoms with Crippen LogP contribution in [0.5, 0.6) is 0 Å². The molecule has 0 radical (unpaired) electrons. The number of ether oxygens (including phenoxy) is 2. The van der Waals surface area contributed by atoms with E-state index < -0.39 is 12.1 Å². The first kappa shape index (κ1) is 17.5. The minimum Gasteiger partial charge on any atom is -0.465 e. The summed E-state index contributed by atoms with van der Waals surface area (Å²) < 4.78 is 10.4. The number of benzene rings is 1. The normalized spacial score (nSPS) is 24.4. The van der Waals surface area contributed by atoms with E-state index in [0.717, 1.165) is 5.56 Å². The van der Waals surface area contributed by atoms with Crippen molar-refractivity contribution in [2.75, 3.05) is 13.2 Å². The number of hydrogen-bond donors (Lipinski definition) is 0. The van der Waals surface area contributed by atoms with E-state index in [1.807, 2.05) is 42.2 Å². The largest absolute Gasteiger partial charge is 0.465 e. The Balaban J connectivity index is 2.25. The second kappa shape index (κ2) is 8.11. The van der Waals surface area contributed by atoms with Gasteiger partial charge in [0.15, 0.2) is 0 Å². The number of likely N-dealkylation sites (tertiary alicyclic amines) is 1. The predicted molar refractivity (Wildman–Crippen MR) is 86.6 cm³/mol. The highest BCUT2D eigenvalue weighted by molar-refractivity contribution is 5.81. The zero-order valence-electron chi connectivity index (χ0n) is 14.0. The van der Waals surface area contributed by atoms with Crippen LogP contribution in [0.25, 0.3) is 0 Å². The lowest BCUT2D eigenvalue weighted by molar-refractivity contribution is -0.154. The van der Waals surface area contributed by atoms with Gasteiger partial charge in [-0.2, -0.15) is 0 Å². The summed E-state index contributed by atoms with van der Waals surface area (Å²) >= 11 is 0. The van der Waals surface area contributed by atoms with Crippen LogP contribution >= 0.6 is 0 Å². The summed E-state index contributed by atoms with van der Waals surface area (Å²) in [6, 6.07) is 9.02. The molecule has 3 atom stereocenters. The molecule has 0 saturated carbocycles. The van der Waals surface area contributed by atoms with Gasteiger partial charge in [-0.1, -0.05) is 37.3 Å². The third-order valence-electron chi connectivity index (χ3n) is 4.19. The lowest BCUT2D eigenvalue weighted by Gasteiger charge is -2.28. The Hall–Kier alpha value is -1.88. The van der Waals surface area contributed by atoms with Crippen molar-refractivity contribution in [2.24, 2.45) is 5.92 Å². The molecule has 5 heteroatoms. The summed E-state index contributed by atoms with van der Waals surface area (Å²) in [7, 11) is 0. The van der Waals surface area contributed by atoms with Gasteiger partial charge in [-0.15, -0.1) is 0 Å². The smallest absolute Gasteiger partial charge is 0.323 e. The second-order valence-corrected chi connectivity index (χ2v) is 5.84. The van der Waals surface area contributed by atoms with Crippen LogP contribution in [0.2, 0.25) is 0 Å². The van der Waals surface area contributed by atoms with Gasteiger partial charge in [0.05, 0.1) is 13.2 Å². The molecular weight excluding hydrogens is 294 g/mol. The molecule has 1 aromatic carbocycles. The van der Waals surface area contributed by atoms with E-state index in [4.69, 9.17) is 9.47 Å². The Labute approximate surface area is 137 Å². The molecule has 1 aliphatic heterocycles. The number of rotatable bonds is 6. The van der Waals surface area contributed by atoms with Gasteiger partial charge in [-0.3, -0.25) is 14.5 Å². The van der Waals surface area contributed by atoms with Crippen LogP contribution < -0.4 is 0 Å². The van der Waals surface area contributed by atoms with E-state index in [0.29, 0.717) is 26.2 Å². The van der Waals surface area contributed by atoms with E-state index >= 15 is 0 Å². The summed E-state index contributed by atoms with van der Waals surface area (Å²) in [5.74, 6) is -0.475. The standard InChI is InChI=1S/C18H25NO4/c1-4-22-17(20)15-11-13(3)16(18(21)23-5-2)19(15)12-14-9-7-6-8-10-14/h6-10,13,15-16H,4-5,11-12H2,1-3H3/t13-,15-,16+/m0/s1. The first-order valence-electron chi connectivity index (χ1n) is 8.21. The molecule has 1 fully saturated rings. The lowest BCUT2D eigenvalue weighted by Crippen LogP contribution is -2.46. The van der Waals surface area contributed by atoms with Gasteiger partial charge in [0.25, 0.3) is 0 Å². The first-order valence-corrected chi connectivity index (χ1v) is 8.21. The van der Waals surface area contributed by atoms with Crippen molar-refractivity contribution < 1.29 is 19.1 Å². The van der Waals surface area contributed by atoms with Gasteiger partial charge in [-0.25, -0.2) is 0 Å². The zero-order valence-corrected chi connectivity index (χ0v) is 14.0. The van der Waals surface area contributed by atoms with Gasteiger partial charge in [0.2, 0.25) is 0 Å². The van der Waals surface area contributed by atoms with Crippen LogP contribution in [-0.2, 0) is 25.6 Å². The van der Waals surface area contributed by atoms with Crippen LogP contribution in [-0.4, -0.2) is 42.1 Å². The molecule has 5 nitrogen and oxygen atoms in total. The Bertz CT molecular complexity index is 531. The van der Waals surface area contributed by atoms with Crippen molar-refractivity contribution in [2.45, 2.75) is 45.8 Å². The van der Waals surface area contributed by atoms with Crippen molar-refractivity contribution in [1.82, 2.24) is 4.90 Å². The number of nitrogens with zero attached hydrogens (tertiary/aromatic N) is 1. The molecule has 0 spiro atoms. The Morgan fingerprint density at radius 3 is 2.30 bits per heavy atom. The first-order chi connectivity index (χ1) is 11.1. The van der Waals surface area contributed by atoms with Crippen LogP contribution in [0.4, 0.5) is 0 Å². The minimum atomic E-state index is -0.412. The van der Waals surface area contributed by atoms with E-state index in [1.165, 1.54) is 0 Å². The molecule has 1 aromatic rings. The van der Waals surface area contributed by atoms with Crippen LogP contribution in [0, 0.1) is 5.92 Å². The molecule has 2 rings (SSSR count). The van der Waals surface area contributed by atoms with Crippen LogP contribution in [0.3, 0.4) is 0 Å². The quantitative estimate of drug-likeness (QED) is 0.754. The number of carbonyl (C=O) groups is 2. The zero-order chi connectivity index (χ0) is 16.8.